The van der Waals surface area contributed by atoms with Gasteiger partial charge in [-0.25, -0.2) is 4.98 Å². The standard InChI is InChI=1S/C14H8Cl2N2OS/c15-10-2-4-12(16)18-13(10)14(19)17-9-1-3-11-8(7-9)5-6-20-11/h1-7H,(H,17,19). The van der Waals surface area contributed by atoms with Crippen LogP contribution in [0, 0.1) is 0 Å². The number of thiophene rings is 1. The number of carbonyl (C=O) groups excluding carboxylic acids is 1. The van der Waals surface area contributed by atoms with Crippen LogP contribution in [-0.2, 0) is 0 Å². The molecule has 0 saturated heterocycles. The van der Waals surface area contributed by atoms with E-state index in [4.69, 9.17) is 23.2 Å². The molecule has 1 aromatic carbocycles. The molecular formula is C14H8Cl2N2OS. The van der Waals surface area contributed by atoms with Gasteiger partial charge in [0.05, 0.1) is 5.02 Å². The number of halogens is 2. The number of nitrogens with zero attached hydrogens (tertiary/aromatic N) is 1. The number of amides is 1. The second kappa shape index (κ2) is 5.40. The van der Waals surface area contributed by atoms with E-state index in [0.29, 0.717) is 5.69 Å². The molecule has 3 nitrogen and oxygen atoms in total. The quantitative estimate of drug-likeness (QED) is 0.685. The maximum Gasteiger partial charge on any atom is 0.275 e. The van der Waals surface area contributed by atoms with Crippen molar-refractivity contribution in [2.45, 2.75) is 0 Å². The van der Waals surface area contributed by atoms with Gasteiger partial charge < -0.3 is 5.32 Å². The molecule has 0 aliphatic carbocycles. The number of pyridine rings is 1. The summed E-state index contributed by atoms with van der Waals surface area (Å²) < 4.78 is 1.17. The van der Waals surface area contributed by atoms with E-state index in [0.717, 1.165) is 5.39 Å². The lowest BCUT2D eigenvalue weighted by molar-refractivity contribution is 0.102. The molecule has 0 unspecified atom stereocenters. The highest BCUT2D eigenvalue weighted by Gasteiger charge is 2.13. The van der Waals surface area contributed by atoms with E-state index >= 15 is 0 Å². The number of hydrogen-bond acceptors (Lipinski definition) is 3. The van der Waals surface area contributed by atoms with E-state index in [1.165, 1.54) is 10.8 Å². The largest absolute Gasteiger partial charge is 0.321 e. The summed E-state index contributed by atoms with van der Waals surface area (Å²) in [5.74, 6) is -0.382. The van der Waals surface area contributed by atoms with Crippen LogP contribution in [0.3, 0.4) is 0 Å². The predicted molar refractivity (Wildman–Crippen MR) is 84.0 cm³/mol. The number of benzene rings is 1. The Morgan fingerprint density at radius 1 is 1.15 bits per heavy atom. The number of anilines is 1. The zero-order valence-electron chi connectivity index (χ0n) is 10.1. The Hall–Kier alpha value is -1.62. The van der Waals surface area contributed by atoms with Crippen molar-refractivity contribution in [1.29, 1.82) is 0 Å². The fraction of sp³-hybridized carbons (Fsp3) is 0. The Bertz CT molecular complexity index is 801. The first kappa shape index (κ1) is 13.4. The maximum absolute atomic E-state index is 12.1. The molecule has 6 heteroatoms. The van der Waals surface area contributed by atoms with E-state index in [9.17, 15) is 4.79 Å². The minimum atomic E-state index is -0.382. The molecule has 0 aliphatic heterocycles. The van der Waals surface area contributed by atoms with Crippen LogP contribution in [0.1, 0.15) is 10.5 Å². The predicted octanol–water partition coefficient (Wildman–Crippen LogP) is 4.86. The average Bonchev–Trinajstić information content (AvgIpc) is 2.89. The average molecular weight is 323 g/mol. The first-order valence-electron chi connectivity index (χ1n) is 5.74. The van der Waals surface area contributed by atoms with Crippen LogP contribution in [0.2, 0.25) is 10.2 Å². The number of fused-ring (bicyclic) bond motifs is 1. The van der Waals surface area contributed by atoms with Crippen LogP contribution in [0.25, 0.3) is 10.1 Å². The van der Waals surface area contributed by atoms with Crippen molar-refractivity contribution in [3.05, 3.63) is 57.6 Å². The minimum Gasteiger partial charge on any atom is -0.321 e. The summed E-state index contributed by atoms with van der Waals surface area (Å²) in [5, 5.41) is 6.35. The lowest BCUT2D eigenvalue weighted by atomic mass is 10.2. The van der Waals surface area contributed by atoms with E-state index in [1.54, 1.807) is 17.4 Å². The second-order valence-corrected chi connectivity index (χ2v) is 5.83. The van der Waals surface area contributed by atoms with E-state index < -0.39 is 0 Å². The molecule has 0 saturated carbocycles. The highest BCUT2D eigenvalue weighted by atomic mass is 35.5. The highest BCUT2D eigenvalue weighted by molar-refractivity contribution is 7.17. The van der Waals surface area contributed by atoms with Gasteiger partial charge in [-0.15, -0.1) is 11.3 Å². The number of hydrogen-bond donors (Lipinski definition) is 1. The van der Waals surface area contributed by atoms with Gasteiger partial charge in [0.2, 0.25) is 0 Å². The molecule has 0 spiro atoms. The van der Waals surface area contributed by atoms with Gasteiger partial charge in [0, 0.05) is 10.4 Å². The van der Waals surface area contributed by atoms with Gasteiger partial charge in [0.25, 0.3) is 5.91 Å². The first-order chi connectivity index (χ1) is 9.63. The van der Waals surface area contributed by atoms with Crippen molar-refractivity contribution in [3.8, 4) is 0 Å². The van der Waals surface area contributed by atoms with Crippen LogP contribution in [0.15, 0.2) is 41.8 Å². The zero-order valence-corrected chi connectivity index (χ0v) is 12.4. The fourth-order valence-electron chi connectivity index (χ4n) is 1.81. The van der Waals surface area contributed by atoms with Gasteiger partial charge in [-0.2, -0.15) is 0 Å². The Morgan fingerprint density at radius 2 is 2.00 bits per heavy atom. The Morgan fingerprint density at radius 3 is 2.85 bits per heavy atom. The molecule has 100 valence electrons. The molecule has 0 bridgehead atoms. The molecule has 3 aromatic rings. The molecule has 1 amide bonds. The SMILES string of the molecule is O=C(Nc1ccc2sccc2c1)c1nc(Cl)ccc1Cl. The van der Waals surface area contributed by atoms with Crippen molar-refractivity contribution in [2.75, 3.05) is 5.32 Å². The molecule has 0 atom stereocenters. The third kappa shape index (κ3) is 2.63. The first-order valence-corrected chi connectivity index (χ1v) is 7.38. The highest BCUT2D eigenvalue weighted by Crippen LogP contribution is 2.25. The lowest BCUT2D eigenvalue weighted by Crippen LogP contribution is -2.14. The monoisotopic (exact) mass is 322 g/mol. The molecule has 2 heterocycles. The van der Waals surface area contributed by atoms with Crippen molar-refractivity contribution in [2.24, 2.45) is 0 Å². The van der Waals surface area contributed by atoms with Crippen molar-refractivity contribution < 1.29 is 4.79 Å². The topological polar surface area (TPSA) is 42.0 Å². The summed E-state index contributed by atoms with van der Waals surface area (Å²) in [5.41, 5.74) is 0.809. The van der Waals surface area contributed by atoms with Crippen molar-refractivity contribution in [3.63, 3.8) is 0 Å². The number of nitrogens with one attached hydrogen (secondary N) is 1. The third-order valence-corrected chi connectivity index (χ3v) is 4.15. The summed E-state index contributed by atoms with van der Waals surface area (Å²) in [6, 6.07) is 10.8. The molecule has 0 fully saturated rings. The van der Waals surface area contributed by atoms with Crippen molar-refractivity contribution in [1.82, 2.24) is 4.98 Å². The van der Waals surface area contributed by atoms with Crippen LogP contribution in [0.4, 0.5) is 5.69 Å². The van der Waals surface area contributed by atoms with E-state index in [-0.39, 0.29) is 21.8 Å². The minimum absolute atomic E-state index is 0.115. The summed E-state index contributed by atoms with van der Waals surface area (Å²) in [6.45, 7) is 0. The number of carbonyl (C=O) groups is 1. The summed E-state index contributed by atoms with van der Waals surface area (Å²) in [7, 11) is 0. The number of aromatic nitrogens is 1. The van der Waals surface area contributed by atoms with Gasteiger partial charge >= 0.3 is 0 Å². The van der Waals surface area contributed by atoms with Crippen LogP contribution in [0.5, 0.6) is 0 Å². The second-order valence-electron chi connectivity index (χ2n) is 4.09. The smallest absolute Gasteiger partial charge is 0.275 e. The molecule has 2 aromatic heterocycles. The van der Waals surface area contributed by atoms with Gasteiger partial charge in [-0.05, 0) is 47.2 Å². The molecule has 20 heavy (non-hydrogen) atoms. The fourth-order valence-corrected chi connectivity index (χ4v) is 2.92. The number of rotatable bonds is 2. The van der Waals surface area contributed by atoms with Crippen molar-refractivity contribution >= 4 is 56.2 Å². The summed E-state index contributed by atoms with van der Waals surface area (Å²) in [6.07, 6.45) is 0. The van der Waals surface area contributed by atoms with Gasteiger partial charge in [-0.1, -0.05) is 23.2 Å². The molecule has 1 N–H and O–H groups in total. The van der Waals surface area contributed by atoms with E-state index in [1.807, 2.05) is 29.6 Å². The zero-order chi connectivity index (χ0) is 14.1. The normalized spacial score (nSPS) is 10.7. The Balaban J connectivity index is 1.89. The van der Waals surface area contributed by atoms with Crippen LogP contribution < -0.4 is 5.32 Å². The van der Waals surface area contributed by atoms with Gasteiger partial charge in [0.15, 0.2) is 0 Å². The lowest BCUT2D eigenvalue weighted by Gasteiger charge is -2.06. The van der Waals surface area contributed by atoms with Gasteiger partial charge in [-0.3, -0.25) is 4.79 Å². The van der Waals surface area contributed by atoms with Crippen LogP contribution >= 0.6 is 34.5 Å². The maximum atomic E-state index is 12.1. The summed E-state index contributed by atoms with van der Waals surface area (Å²) in [4.78, 5) is 16.1. The molecular weight excluding hydrogens is 315 g/mol. The summed E-state index contributed by atoms with van der Waals surface area (Å²) >= 11 is 13.4. The Labute approximate surface area is 129 Å². The molecule has 0 aliphatic rings. The van der Waals surface area contributed by atoms with Gasteiger partial charge in [0.1, 0.15) is 10.8 Å². The molecule has 0 radical (unpaired) electrons. The van der Waals surface area contributed by atoms with Crippen LogP contribution in [-0.4, -0.2) is 10.9 Å². The molecule has 3 rings (SSSR count). The Kier molecular flexibility index (Phi) is 3.61. The van der Waals surface area contributed by atoms with E-state index in [2.05, 4.69) is 10.3 Å². The third-order valence-electron chi connectivity index (χ3n) is 2.74.